The van der Waals surface area contributed by atoms with Crippen LogP contribution in [0.3, 0.4) is 0 Å². The van der Waals surface area contributed by atoms with Gasteiger partial charge in [-0.1, -0.05) is 11.8 Å². The molecule has 0 aromatic heterocycles. The third kappa shape index (κ3) is 11.4. The summed E-state index contributed by atoms with van der Waals surface area (Å²) in [5.74, 6) is 0.670. The smallest absolute Gasteiger partial charge is 0.191 e. The van der Waals surface area contributed by atoms with E-state index in [0.29, 0.717) is 42.9 Å². The molecule has 0 amide bonds. The van der Waals surface area contributed by atoms with Gasteiger partial charge in [0.25, 0.3) is 0 Å². The first kappa shape index (κ1) is 28.2. The second-order valence-electron chi connectivity index (χ2n) is 8.32. The number of ether oxygens (including phenoxy) is 1. The normalized spacial score (nSPS) is 12.9. The summed E-state index contributed by atoms with van der Waals surface area (Å²) in [6.07, 6.45) is 0.578. The molecule has 0 aliphatic carbocycles. The first-order valence-corrected chi connectivity index (χ1v) is 12.5. The molecule has 0 aliphatic rings. The van der Waals surface area contributed by atoms with Crippen molar-refractivity contribution in [3.63, 3.8) is 0 Å². The first-order valence-electron chi connectivity index (χ1n) is 10.4. The predicted molar refractivity (Wildman–Crippen MR) is 124 cm³/mol. The summed E-state index contributed by atoms with van der Waals surface area (Å²) in [4.78, 5) is 13.8. The Balaban J connectivity index is 4.63. The third-order valence-corrected chi connectivity index (χ3v) is 7.89. The van der Waals surface area contributed by atoms with Gasteiger partial charge in [0, 0.05) is 42.9 Å². The highest BCUT2D eigenvalue weighted by molar-refractivity contribution is 8.13. The molecule has 0 atom stereocenters. The van der Waals surface area contributed by atoms with Crippen molar-refractivity contribution in [2.75, 3.05) is 39.8 Å². The lowest BCUT2D eigenvalue weighted by molar-refractivity contribution is -0.111. The molecular weight excluding hydrogens is 393 g/mol. The zero-order valence-corrected chi connectivity index (χ0v) is 21.5. The van der Waals surface area contributed by atoms with Gasteiger partial charge in [-0.25, -0.2) is 9.34 Å². The van der Waals surface area contributed by atoms with Crippen molar-refractivity contribution in [1.29, 1.82) is 0 Å². The molecule has 0 radical (unpaired) electrons. The number of nitrogens with zero attached hydrogens (tertiary/aromatic N) is 3. The Hall–Kier alpha value is 0.250. The number of thioether (sulfide) groups is 1. The van der Waals surface area contributed by atoms with Crippen LogP contribution in [0, 0.1) is 0 Å². The van der Waals surface area contributed by atoms with Gasteiger partial charge in [0.05, 0.1) is 6.61 Å². The summed E-state index contributed by atoms with van der Waals surface area (Å²) in [5.41, 5.74) is 0. The van der Waals surface area contributed by atoms with Gasteiger partial charge in [-0.2, -0.15) is 0 Å². The largest absolute Gasteiger partial charge is 0.354 e. The van der Waals surface area contributed by atoms with Crippen LogP contribution in [0.15, 0.2) is 0 Å². The monoisotopic (exact) mass is 437 g/mol. The molecule has 0 heterocycles. The van der Waals surface area contributed by atoms with E-state index in [9.17, 15) is 4.79 Å². The average Bonchev–Trinajstić information content (AvgIpc) is 2.54. The minimum Gasteiger partial charge on any atom is -0.354 e. The molecule has 0 spiro atoms. The quantitative estimate of drug-likeness (QED) is 0.210. The molecule has 0 aliphatic heterocycles. The van der Waals surface area contributed by atoms with Crippen molar-refractivity contribution in [2.24, 2.45) is 0 Å². The molecule has 8 heteroatoms. The van der Waals surface area contributed by atoms with Crippen molar-refractivity contribution >= 4 is 25.3 Å². The van der Waals surface area contributed by atoms with Gasteiger partial charge in [0.2, 0.25) is 0 Å². The van der Waals surface area contributed by atoms with Crippen LogP contribution >= 0.6 is 20.2 Å². The lowest BCUT2D eigenvalue weighted by Gasteiger charge is -2.45. The van der Waals surface area contributed by atoms with E-state index >= 15 is 0 Å². The fraction of sp³-hybridized carbons (Fsp3) is 0.950. The van der Waals surface area contributed by atoms with Crippen molar-refractivity contribution in [3.8, 4) is 0 Å². The SMILES string of the molecule is CC(C)N(C(C)C)P(OCOCCSC(=O)CCN(C)C)N(C(C)C)C(C)C. The Labute approximate surface area is 179 Å². The van der Waals surface area contributed by atoms with Crippen LogP contribution in [0.5, 0.6) is 0 Å². The first-order chi connectivity index (χ1) is 13.0. The van der Waals surface area contributed by atoms with E-state index < -0.39 is 8.45 Å². The van der Waals surface area contributed by atoms with E-state index in [4.69, 9.17) is 9.26 Å². The van der Waals surface area contributed by atoms with Crippen LogP contribution in [-0.2, 0) is 14.1 Å². The van der Waals surface area contributed by atoms with E-state index in [1.165, 1.54) is 11.8 Å². The van der Waals surface area contributed by atoms with Crippen molar-refractivity contribution in [3.05, 3.63) is 0 Å². The second kappa shape index (κ2) is 15.1. The Morgan fingerprint density at radius 1 is 0.893 bits per heavy atom. The Morgan fingerprint density at radius 2 is 1.36 bits per heavy atom. The summed E-state index contributed by atoms with van der Waals surface area (Å²) in [5, 5.41) is 0.219. The number of hydrogen-bond acceptors (Lipinski definition) is 7. The summed E-state index contributed by atoms with van der Waals surface area (Å²) >= 11 is 1.35. The minimum atomic E-state index is -0.929. The van der Waals surface area contributed by atoms with E-state index in [-0.39, 0.29) is 11.9 Å². The van der Waals surface area contributed by atoms with Crippen LogP contribution in [0.25, 0.3) is 0 Å². The van der Waals surface area contributed by atoms with Crippen LogP contribution in [0.1, 0.15) is 61.8 Å². The van der Waals surface area contributed by atoms with Gasteiger partial charge in [-0.05, 0) is 69.5 Å². The topological polar surface area (TPSA) is 45.3 Å². The van der Waals surface area contributed by atoms with Gasteiger partial charge in [-0.15, -0.1) is 0 Å². The van der Waals surface area contributed by atoms with Crippen molar-refractivity contribution in [2.45, 2.75) is 86.0 Å². The van der Waals surface area contributed by atoms with Crippen LogP contribution in [0.2, 0.25) is 0 Å². The molecule has 0 saturated carbocycles. The maximum atomic E-state index is 11.8. The van der Waals surface area contributed by atoms with Gasteiger partial charge in [0.15, 0.2) is 20.4 Å². The van der Waals surface area contributed by atoms with E-state index in [1.807, 2.05) is 19.0 Å². The molecule has 0 fully saturated rings. The third-order valence-electron chi connectivity index (χ3n) is 4.02. The number of hydrogen-bond donors (Lipinski definition) is 0. The molecule has 0 bridgehead atoms. The minimum absolute atomic E-state index is 0.219. The summed E-state index contributed by atoms with van der Waals surface area (Å²) in [7, 11) is 3.03. The van der Waals surface area contributed by atoms with Crippen LogP contribution in [0.4, 0.5) is 0 Å². The highest BCUT2D eigenvalue weighted by atomic mass is 32.2. The maximum Gasteiger partial charge on any atom is 0.191 e. The van der Waals surface area contributed by atoms with E-state index in [2.05, 4.69) is 64.7 Å². The molecule has 0 aromatic carbocycles. The summed E-state index contributed by atoms with van der Waals surface area (Å²) < 4.78 is 16.9. The van der Waals surface area contributed by atoms with Crippen molar-refractivity contribution in [1.82, 2.24) is 14.2 Å². The van der Waals surface area contributed by atoms with Crippen LogP contribution in [-0.4, -0.2) is 83.3 Å². The standard InChI is InChI=1S/C20H44N3O3PS/c1-16(2)22(17(3)4)27(23(18(5)6)19(7)8)26-15-25-13-14-28-20(24)11-12-21(9)10/h16-19H,11-15H2,1-10H3. The zero-order valence-electron chi connectivity index (χ0n) is 19.8. The molecule has 6 nitrogen and oxygen atoms in total. The molecule has 168 valence electrons. The van der Waals surface area contributed by atoms with Crippen molar-refractivity contribution < 1.29 is 14.1 Å². The van der Waals surface area contributed by atoms with Gasteiger partial charge in [0.1, 0.15) is 0 Å². The molecule has 0 aromatic rings. The highest BCUT2D eigenvalue weighted by Gasteiger charge is 2.34. The average molecular weight is 438 g/mol. The Kier molecular flexibility index (Phi) is 15.2. The summed E-state index contributed by atoms with van der Waals surface area (Å²) in [6, 6.07) is 1.54. The molecule has 0 unspecified atom stereocenters. The number of carbonyl (C=O) groups is 1. The fourth-order valence-electron chi connectivity index (χ4n) is 2.98. The van der Waals surface area contributed by atoms with Crippen LogP contribution < -0.4 is 0 Å². The molecule has 28 heavy (non-hydrogen) atoms. The van der Waals surface area contributed by atoms with Gasteiger partial charge in [-0.3, -0.25) is 4.79 Å². The maximum absolute atomic E-state index is 11.8. The zero-order chi connectivity index (χ0) is 21.9. The summed E-state index contributed by atoms with van der Waals surface area (Å²) in [6.45, 7) is 19.3. The number of rotatable bonds is 15. The Bertz CT molecular complexity index is 388. The van der Waals surface area contributed by atoms with E-state index in [1.54, 1.807) is 0 Å². The van der Waals surface area contributed by atoms with Gasteiger partial charge < -0.3 is 14.2 Å². The predicted octanol–water partition coefficient (Wildman–Crippen LogP) is 4.65. The number of carbonyl (C=O) groups excluding carboxylic acids is 1. The molecule has 0 rings (SSSR count). The second-order valence-corrected chi connectivity index (χ2v) is 11.2. The molecule has 0 saturated heterocycles. The molecule has 0 N–H and O–H groups in total. The Morgan fingerprint density at radius 3 is 1.75 bits per heavy atom. The fourth-order valence-corrected chi connectivity index (χ4v) is 5.90. The molecular formula is C20H44N3O3PS. The van der Waals surface area contributed by atoms with E-state index in [0.717, 1.165) is 6.54 Å². The highest BCUT2D eigenvalue weighted by Crippen LogP contribution is 2.50. The lowest BCUT2D eigenvalue weighted by Crippen LogP contribution is -2.43. The lowest BCUT2D eigenvalue weighted by atomic mass is 10.3. The van der Waals surface area contributed by atoms with Gasteiger partial charge >= 0.3 is 0 Å².